The third-order valence-electron chi connectivity index (χ3n) is 7.61. The fourth-order valence-corrected chi connectivity index (χ4v) is 7.70. The number of amides is 2. The number of hydrogen-bond donors (Lipinski definition) is 1. The number of carbonyl (C=O) groups excluding carboxylic acids is 2. The molecule has 0 radical (unpaired) electrons. The van der Waals surface area contributed by atoms with Crippen LogP contribution in [0.15, 0.2) is 45.9 Å². The highest BCUT2D eigenvalue weighted by atomic mass is 79.9. The molecule has 0 unspecified atom stereocenters. The van der Waals surface area contributed by atoms with Crippen molar-refractivity contribution in [2.24, 2.45) is 0 Å². The van der Waals surface area contributed by atoms with Gasteiger partial charge in [0, 0.05) is 17.2 Å². The van der Waals surface area contributed by atoms with Gasteiger partial charge < -0.3 is 10.2 Å². The minimum Gasteiger partial charge on any atom is -0.336 e. The summed E-state index contributed by atoms with van der Waals surface area (Å²) in [6.45, 7) is -0.260. The summed E-state index contributed by atoms with van der Waals surface area (Å²) in [6, 6.07) is 8.19. The van der Waals surface area contributed by atoms with Gasteiger partial charge in [-0.25, -0.2) is 12.8 Å². The van der Waals surface area contributed by atoms with Gasteiger partial charge >= 0.3 is 0 Å². The number of nitrogens with zero attached hydrogens (tertiary/aromatic N) is 3. The topological polar surface area (TPSA) is 120 Å². The summed E-state index contributed by atoms with van der Waals surface area (Å²) in [5, 5.41) is 11.1. The molecule has 194 valence electrons. The molecule has 2 atom stereocenters. The first-order valence-corrected chi connectivity index (χ1v) is 14.6. The highest BCUT2D eigenvalue weighted by molar-refractivity contribution is 9.10. The predicted octanol–water partition coefficient (Wildman–Crippen LogP) is 3.67. The van der Waals surface area contributed by atoms with Gasteiger partial charge in [0.2, 0.25) is 11.8 Å². The van der Waals surface area contributed by atoms with Crippen LogP contribution >= 0.6 is 27.5 Å². The van der Waals surface area contributed by atoms with E-state index in [1.165, 1.54) is 29.3 Å². The molecule has 3 aliphatic rings. The summed E-state index contributed by atoms with van der Waals surface area (Å²) in [5.74, 6) is -1.78. The van der Waals surface area contributed by atoms with E-state index in [9.17, 15) is 27.7 Å². The van der Waals surface area contributed by atoms with Crippen molar-refractivity contribution >= 4 is 49.2 Å². The number of pyridine rings is 1. The van der Waals surface area contributed by atoms with E-state index in [0.29, 0.717) is 36.6 Å². The summed E-state index contributed by atoms with van der Waals surface area (Å²) in [7, 11) is -4.02. The van der Waals surface area contributed by atoms with E-state index in [1.54, 1.807) is 12.1 Å². The Balaban J connectivity index is 1.52. The first-order valence-electron chi connectivity index (χ1n) is 11.9. The fraction of sp³-hybridized carbons (Fsp3) is 0.440. The molecule has 2 amide bonds. The van der Waals surface area contributed by atoms with Crippen LogP contribution in [0.4, 0.5) is 4.39 Å². The molecule has 5 rings (SSSR count). The third-order valence-corrected chi connectivity index (χ3v) is 10.7. The largest absolute Gasteiger partial charge is 0.336 e. The SMILES string of the molecule is N#CC1(NC(=O)[C@@H]2C[C@@H](S(=O)(=O)c3ccccc3Cl)CN2C(=O)C2(c3ncc(Br)cc3F)CCC2)CC1. The van der Waals surface area contributed by atoms with E-state index in [2.05, 4.69) is 32.3 Å². The summed E-state index contributed by atoms with van der Waals surface area (Å²) in [4.78, 5) is 32.8. The number of halogens is 3. The van der Waals surface area contributed by atoms with Gasteiger partial charge in [0.1, 0.15) is 17.4 Å². The van der Waals surface area contributed by atoms with E-state index in [-0.39, 0.29) is 28.6 Å². The maximum absolute atomic E-state index is 15.0. The third kappa shape index (κ3) is 4.43. The number of benzene rings is 1. The maximum Gasteiger partial charge on any atom is 0.244 e. The molecule has 37 heavy (non-hydrogen) atoms. The van der Waals surface area contributed by atoms with Crippen molar-refractivity contribution in [1.82, 2.24) is 15.2 Å². The predicted molar refractivity (Wildman–Crippen MR) is 136 cm³/mol. The van der Waals surface area contributed by atoms with Gasteiger partial charge in [-0.2, -0.15) is 5.26 Å². The Kier molecular flexibility index (Phi) is 6.57. The minimum atomic E-state index is -4.02. The molecule has 1 aromatic carbocycles. The van der Waals surface area contributed by atoms with Crippen LogP contribution in [0.1, 0.15) is 44.2 Å². The number of nitrogens with one attached hydrogen (secondary N) is 1. The van der Waals surface area contributed by atoms with Crippen molar-refractivity contribution in [2.75, 3.05) is 6.54 Å². The van der Waals surface area contributed by atoms with E-state index in [4.69, 9.17) is 11.6 Å². The summed E-state index contributed by atoms with van der Waals surface area (Å²) in [5.41, 5.74) is -2.31. The Bertz CT molecular complexity index is 1440. The minimum absolute atomic E-state index is 0.0146. The smallest absolute Gasteiger partial charge is 0.244 e. The van der Waals surface area contributed by atoms with Crippen LogP contribution in [-0.4, -0.2) is 53.5 Å². The lowest BCUT2D eigenvalue weighted by Crippen LogP contribution is -2.57. The Morgan fingerprint density at radius 3 is 2.51 bits per heavy atom. The Hall–Kier alpha value is -2.55. The van der Waals surface area contributed by atoms with Crippen LogP contribution in [-0.2, 0) is 24.8 Å². The van der Waals surface area contributed by atoms with E-state index in [1.807, 2.05) is 0 Å². The van der Waals surface area contributed by atoms with Crippen LogP contribution in [0.2, 0.25) is 5.02 Å². The van der Waals surface area contributed by atoms with Gasteiger partial charge in [0.25, 0.3) is 0 Å². The number of likely N-dealkylation sites (tertiary alicyclic amines) is 1. The zero-order chi connectivity index (χ0) is 26.6. The lowest BCUT2D eigenvalue weighted by Gasteiger charge is -2.43. The average Bonchev–Trinajstić information content (AvgIpc) is 3.44. The molecule has 2 heterocycles. The zero-order valence-corrected chi connectivity index (χ0v) is 22.7. The number of sulfone groups is 1. The second-order valence-corrected chi connectivity index (χ2v) is 13.4. The van der Waals surface area contributed by atoms with E-state index >= 15 is 0 Å². The van der Waals surface area contributed by atoms with E-state index in [0.717, 1.165) is 0 Å². The monoisotopic (exact) mass is 608 g/mol. The molecule has 2 aliphatic carbocycles. The number of nitriles is 1. The molecule has 2 saturated carbocycles. The van der Waals surface area contributed by atoms with Crippen LogP contribution in [0.5, 0.6) is 0 Å². The lowest BCUT2D eigenvalue weighted by molar-refractivity contribution is -0.146. The van der Waals surface area contributed by atoms with Gasteiger partial charge in [0.05, 0.1) is 32.3 Å². The van der Waals surface area contributed by atoms with Gasteiger partial charge in [0.15, 0.2) is 9.84 Å². The number of aromatic nitrogens is 1. The Morgan fingerprint density at radius 2 is 1.95 bits per heavy atom. The van der Waals surface area contributed by atoms with Crippen molar-refractivity contribution in [2.45, 2.75) is 65.7 Å². The Labute approximate surface area is 227 Å². The molecule has 1 aromatic heterocycles. The van der Waals surface area contributed by atoms with Crippen LogP contribution in [0.3, 0.4) is 0 Å². The molecule has 1 saturated heterocycles. The zero-order valence-electron chi connectivity index (χ0n) is 19.6. The van der Waals surface area contributed by atoms with Gasteiger partial charge in [-0.1, -0.05) is 30.2 Å². The molecule has 1 N–H and O–H groups in total. The number of carbonyl (C=O) groups is 2. The molecule has 2 aromatic rings. The van der Waals surface area contributed by atoms with Crippen LogP contribution in [0, 0.1) is 17.1 Å². The highest BCUT2D eigenvalue weighted by Crippen LogP contribution is 2.47. The molecule has 12 heteroatoms. The Morgan fingerprint density at radius 1 is 1.24 bits per heavy atom. The fourth-order valence-electron chi connectivity index (χ4n) is 5.18. The van der Waals surface area contributed by atoms with E-state index < -0.39 is 49.7 Å². The van der Waals surface area contributed by atoms with Crippen molar-refractivity contribution in [3.05, 3.63) is 57.5 Å². The molecule has 0 bridgehead atoms. The maximum atomic E-state index is 15.0. The normalized spacial score (nSPS) is 23.6. The second-order valence-electron chi connectivity index (χ2n) is 9.91. The summed E-state index contributed by atoms with van der Waals surface area (Å²) < 4.78 is 42.5. The number of hydrogen-bond acceptors (Lipinski definition) is 6. The highest BCUT2D eigenvalue weighted by Gasteiger charge is 2.56. The second kappa shape index (κ2) is 9.33. The molecular weight excluding hydrogens is 587 g/mol. The molecule has 8 nitrogen and oxygen atoms in total. The van der Waals surface area contributed by atoms with Gasteiger partial charge in [-0.15, -0.1) is 0 Å². The number of rotatable bonds is 6. The van der Waals surface area contributed by atoms with Crippen LogP contribution in [0.25, 0.3) is 0 Å². The van der Waals surface area contributed by atoms with Gasteiger partial charge in [-0.3, -0.25) is 14.6 Å². The summed E-state index contributed by atoms with van der Waals surface area (Å²) in [6.07, 6.45) is 3.52. The first-order chi connectivity index (χ1) is 17.5. The summed E-state index contributed by atoms with van der Waals surface area (Å²) >= 11 is 9.36. The standard InChI is InChI=1S/C25H23BrClFN4O4S/c26-15-10-18(28)21(30-12-15)25(6-3-7-25)23(34)32-13-16(37(35,36)20-5-2-1-4-17(20)27)11-19(32)22(33)31-24(14-29)8-9-24/h1-2,4-5,10,12,16,19H,3,6-9,11,13H2,(H,31,33)/t16-,19+/m1/s1. The molecule has 0 spiro atoms. The molecule has 1 aliphatic heterocycles. The molecular formula is C25H23BrClFN4O4S. The average molecular weight is 610 g/mol. The van der Waals surface area contributed by atoms with Crippen molar-refractivity contribution in [3.63, 3.8) is 0 Å². The van der Waals surface area contributed by atoms with Crippen molar-refractivity contribution in [3.8, 4) is 6.07 Å². The lowest BCUT2D eigenvalue weighted by atomic mass is 9.65. The van der Waals surface area contributed by atoms with Gasteiger partial charge in [-0.05, 0) is 66.2 Å². The van der Waals surface area contributed by atoms with Crippen molar-refractivity contribution in [1.29, 1.82) is 5.26 Å². The molecule has 3 fully saturated rings. The first kappa shape index (κ1) is 26.1. The quantitative estimate of drug-likeness (QED) is 0.534. The van der Waals surface area contributed by atoms with Crippen molar-refractivity contribution < 1.29 is 22.4 Å². The van der Waals surface area contributed by atoms with Crippen LogP contribution < -0.4 is 5.32 Å².